The van der Waals surface area contributed by atoms with Gasteiger partial charge < -0.3 is 0 Å². The second-order valence-electron chi connectivity index (χ2n) is 4.72. The van der Waals surface area contributed by atoms with Crippen LogP contribution in [0.15, 0.2) is 42.6 Å². The van der Waals surface area contributed by atoms with Crippen LogP contribution in [0.3, 0.4) is 0 Å². The van der Waals surface area contributed by atoms with Crippen molar-refractivity contribution in [3.8, 4) is 0 Å². The van der Waals surface area contributed by atoms with Crippen LogP contribution in [0.1, 0.15) is 23.6 Å². The van der Waals surface area contributed by atoms with Crippen LogP contribution < -0.4 is 0 Å². The van der Waals surface area contributed by atoms with E-state index in [1.807, 2.05) is 6.20 Å². The number of aromatic nitrogens is 2. The number of aromatic amines is 1. The lowest BCUT2D eigenvalue weighted by Gasteiger charge is -2.15. The van der Waals surface area contributed by atoms with E-state index in [-0.39, 0.29) is 0 Å². The highest BCUT2D eigenvalue weighted by Gasteiger charge is 2.24. The highest BCUT2D eigenvalue weighted by Crippen LogP contribution is 2.26. The number of H-pyrrole nitrogens is 1. The Morgan fingerprint density at radius 2 is 2.12 bits per heavy atom. The molecule has 1 saturated heterocycles. The van der Waals surface area contributed by atoms with Gasteiger partial charge >= 0.3 is 0 Å². The predicted octanol–water partition coefficient (Wildman–Crippen LogP) is 2.40. The Balaban J connectivity index is 1.61. The Hall–Kier alpha value is -1.61. The molecule has 17 heavy (non-hydrogen) atoms. The standard InChI is InChI=1S/C14H17N3/c1-2-4-12(5-3-1)10-17-9-7-13(11-17)14-6-8-15-16-14/h1-6,8,13H,7,9-11H2,(H,15,16). The van der Waals surface area contributed by atoms with Gasteiger partial charge in [-0.05, 0) is 24.6 Å². The first-order chi connectivity index (χ1) is 8.42. The lowest BCUT2D eigenvalue weighted by Crippen LogP contribution is -2.19. The molecule has 3 rings (SSSR count). The summed E-state index contributed by atoms with van der Waals surface area (Å²) in [5, 5.41) is 7.12. The van der Waals surface area contributed by atoms with Gasteiger partial charge in [0.05, 0.1) is 0 Å². The molecule has 0 spiro atoms. The van der Waals surface area contributed by atoms with Crippen LogP contribution in [0.2, 0.25) is 0 Å². The minimum Gasteiger partial charge on any atom is -0.298 e. The van der Waals surface area contributed by atoms with Crippen LogP contribution in [-0.2, 0) is 6.54 Å². The van der Waals surface area contributed by atoms with Crippen LogP contribution in [-0.4, -0.2) is 28.2 Å². The maximum absolute atomic E-state index is 4.03. The van der Waals surface area contributed by atoms with E-state index in [9.17, 15) is 0 Å². The van der Waals surface area contributed by atoms with Gasteiger partial charge in [-0.3, -0.25) is 10.00 Å². The van der Waals surface area contributed by atoms with Crippen LogP contribution >= 0.6 is 0 Å². The molecule has 3 heteroatoms. The molecule has 88 valence electrons. The molecule has 1 unspecified atom stereocenters. The van der Waals surface area contributed by atoms with E-state index in [1.165, 1.54) is 24.2 Å². The summed E-state index contributed by atoms with van der Waals surface area (Å²) in [6.07, 6.45) is 3.07. The highest BCUT2D eigenvalue weighted by molar-refractivity contribution is 5.15. The fourth-order valence-corrected chi connectivity index (χ4v) is 2.57. The van der Waals surface area contributed by atoms with Gasteiger partial charge in [-0.25, -0.2) is 0 Å². The third kappa shape index (κ3) is 2.39. The van der Waals surface area contributed by atoms with Crippen molar-refractivity contribution in [2.24, 2.45) is 0 Å². The van der Waals surface area contributed by atoms with E-state index in [2.05, 4.69) is 51.5 Å². The zero-order chi connectivity index (χ0) is 11.5. The fourth-order valence-electron chi connectivity index (χ4n) is 2.57. The Morgan fingerprint density at radius 1 is 1.24 bits per heavy atom. The van der Waals surface area contributed by atoms with E-state index in [0.717, 1.165) is 13.1 Å². The molecule has 2 aromatic rings. The summed E-state index contributed by atoms with van der Waals surface area (Å²) in [5.41, 5.74) is 2.68. The lowest BCUT2D eigenvalue weighted by molar-refractivity contribution is 0.326. The van der Waals surface area contributed by atoms with Crippen LogP contribution in [0.5, 0.6) is 0 Å². The number of rotatable bonds is 3. The molecular formula is C14H17N3. The second-order valence-corrected chi connectivity index (χ2v) is 4.72. The van der Waals surface area contributed by atoms with Gasteiger partial charge in [0.2, 0.25) is 0 Å². The molecule has 0 aliphatic carbocycles. The van der Waals surface area contributed by atoms with Crippen LogP contribution in [0.4, 0.5) is 0 Å². The molecule has 1 fully saturated rings. The van der Waals surface area contributed by atoms with Gasteiger partial charge in [0, 0.05) is 30.9 Å². The average molecular weight is 227 g/mol. The molecule has 0 amide bonds. The SMILES string of the molecule is c1ccc(CN2CCC(c3ccn[nH]3)C2)cc1. The topological polar surface area (TPSA) is 31.9 Å². The first-order valence-corrected chi connectivity index (χ1v) is 6.17. The molecule has 0 bridgehead atoms. The fraction of sp³-hybridized carbons (Fsp3) is 0.357. The molecule has 1 aromatic carbocycles. The second kappa shape index (κ2) is 4.72. The maximum atomic E-state index is 4.03. The monoisotopic (exact) mass is 227 g/mol. The van der Waals surface area contributed by atoms with E-state index >= 15 is 0 Å². The van der Waals surface area contributed by atoms with Gasteiger partial charge in [0.15, 0.2) is 0 Å². The Morgan fingerprint density at radius 3 is 2.88 bits per heavy atom. The van der Waals surface area contributed by atoms with Crippen LogP contribution in [0.25, 0.3) is 0 Å². The van der Waals surface area contributed by atoms with Gasteiger partial charge in [-0.1, -0.05) is 30.3 Å². The summed E-state index contributed by atoms with van der Waals surface area (Å²) >= 11 is 0. The van der Waals surface area contributed by atoms with Gasteiger partial charge in [-0.2, -0.15) is 5.10 Å². The maximum Gasteiger partial charge on any atom is 0.0490 e. The Labute approximate surface area is 101 Å². The van der Waals surface area contributed by atoms with Crippen molar-refractivity contribution in [3.05, 3.63) is 53.9 Å². The van der Waals surface area contributed by atoms with Crippen molar-refractivity contribution in [2.45, 2.75) is 18.9 Å². The summed E-state index contributed by atoms with van der Waals surface area (Å²) in [6, 6.07) is 12.8. The van der Waals surface area contributed by atoms with Crippen molar-refractivity contribution < 1.29 is 0 Å². The van der Waals surface area contributed by atoms with E-state index < -0.39 is 0 Å². The summed E-state index contributed by atoms with van der Waals surface area (Å²) in [4.78, 5) is 2.51. The number of nitrogens with one attached hydrogen (secondary N) is 1. The Kier molecular flexibility index (Phi) is 2.92. The number of benzene rings is 1. The number of hydrogen-bond acceptors (Lipinski definition) is 2. The molecule has 2 heterocycles. The van der Waals surface area contributed by atoms with E-state index in [1.54, 1.807) is 0 Å². The van der Waals surface area contributed by atoms with Crippen molar-refractivity contribution in [1.82, 2.24) is 15.1 Å². The molecule has 1 aromatic heterocycles. The van der Waals surface area contributed by atoms with Crippen molar-refractivity contribution in [1.29, 1.82) is 0 Å². The van der Waals surface area contributed by atoms with Crippen molar-refractivity contribution >= 4 is 0 Å². The van der Waals surface area contributed by atoms with Gasteiger partial charge in [-0.15, -0.1) is 0 Å². The third-order valence-corrected chi connectivity index (χ3v) is 3.48. The molecular weight excluding hydrogens is 210 g/mol. The minimum atomic E-state index is 0.626. The molecule has 1 aliphatic rings. The predicted molar refractivity (Wildman–Crippen MR) is 67.7 cm³/mol. The molecule has 1 aliphatic heterocycles. The molecule has 1 N–H and O–H groups in total. The summed E-state index contributed by atoms with van der Waals surface area (Å²) in [7, 11) is 0. The number of nitrogens with zero attached hydrogens (tertiary/aromatic N) is 2. The van der Waals surface area contributed by atoms with Gasteiger partial charge in [0.25, 0.3) is 0 Å². The van der Waals surface area contributed by atoms with Crippen molar-refractivity contribution in [3.63, 3.8) is 0 Å². The Bertz CT molecular complexity index is 450. The van der Waals surface area contributed by atoms with E-state index in [4.69, 9.17) is 0 Å². The zero-order valence-corrected chi connectivity index (χ0v) is 9.84. The number of hydrogen-bond donors (Lipinski definition) is 1. The molecule has 3 nitrogen and oxygen atoms in total. The lowest BCUT2D eigenvalue weighted by atomic mass is 10.1. The smallest absolute Gasteiger partial charge is 0.0490 e. The zero-order valence-electron chi connectivity index (χ0n) is 9.84. The molecule has 0 saturated carbocycles. The third-order valence-electron chi connectivity index (χ3n) is 3.48. The summed E-state index contributed by atoms with van der Waals surface area (Å²) < 4.78 is 0. The van der Waals surface area contributed by atoms with Crippen LogP contribution in [0, 0.1) is 0 Å². The first-order valence-electron chi connectivity index (χ1n) is 6.17. The quantitative estimate of drug-likeness (QED) is 0.873. The number of likely N-dealkylation sites (tertiary alicyclic amines) is 1. The largest absolute Gasteiger partial charge is 0.298 e. The van der Waals surface area contributed by atoms with Gasteiger partial charge in [0.1, 0.15) is 0 Å². The summed E-state index contributed by atoms with van der Waals surface area (Å²) in [5.74, 6) is 0.626. The highest BCUT2D eigenvalue weighted by atomic mass is 15.2. The minimum absolute atomic E-state index is 0.626. The normalized spacial score (nSPS) is 20.8. The van der Waals surface area contributed by atoms with E-state index in [0.29, 0.717) is 5.92 Å². The average Bonchev–Trinajstić information content (AvgIpc) is 3.00. The summed E-state index contributed by atoms with van der Waals surface area (Å²) in [6.45, 7) is 3.38. The molecule has 0 radical (unpaired) electrons. The van der Waals surface area contributed by atoms with Crippen molar-refractivity contribution in [2.75, 3.05) is 13.1 Å². The molecule has 1 atom stereocenters. The first kappa shape index (κ1) is 10.5.